The summed E-state index contributed by atoms with van der Waals surface area (Å²) in [6, 6.07) is 0. The number of hydrogen-bond donors (Lipinski definition) is 2. The average Bonchev–Trinajstić information content (AvgIpc) is 1.77. The first-order chi connectivity index (χ1) is 6.50. The third-order valence-electron chi connectivity index (χ3n) is 1.22. The minimum atomic E-state index is -4.53. The first-order valence-corrected chi connectivity index (χ1v) is 6.67. The quantitative estimate of drug-likeness (QED) is 0.406. The van der Waals surface area contributed by atoms with Gasteiger partial charge in [-0.2, -0.15) is 0 Å². The summed E-state index contributed by atoms with van der Waals surface area (Å²) in [5, 5.41) is 16.9. The van der Waals surface area contributed by atoms with E-state index in [1.165, 1.54) is 0 Å². The van der Waals surface area contributed by atoms with Crippen LogP contribution in [0.3, 0.4) is 0 Å². The molecule has 8 nitrogen and oxygen atoms in total. The Hall–Kier alpha value is 0.539. The molecule has 0 spiro atoms. The van der Waals surface area contributed by atoms with E-state index >= 15 is 0 Å². The second-order valence-corrected chi connectivity index (χ2v) is 7.62. The molecule has 102 valence electrons. The van der Waals surface area contributed by atoms with Gasteiger partial charge < -0.3 is 19.3 Å². The van der Waals surface area contributed by atoms with Crippen LogP contribution in [0.1, 0.15) is 27.7 Å². The van der Waals surface area contributed by atoms with Gasteiger partial charge >= 0.3 is 23.9 Å². The predicted molar refractivity (Wildman–Crippen MR) is 57.7 cm³/mol. The Morgan fingerprint density at radius 3 is 0.824 bits per heavy atom. The van der Waals surface area contributed by atoms with Crippen LogP contribution >= 0.6 is 0 Å². The summed E-state index contributed by atoms with van der Waals surface area (Å²) in [7, 11) is -9.07. The van der Waals surface area contributed by atoms with Crippen LogP contribution in [0.4, 0.5) is 0 Å². The van der Waals surface area contributed by atoms with E-state index < -0.39 is 30.1 Å². The van der Waals surface area contributed by atoms with Crippen molar-refractivity contribution < 1.29 is 36.2 Å². The number of rotatable bonds is 2. The van der Waals surface area contributed by atoms with E-state index in [0.29, 0.717) is 0 Å². The first-order valence-electron chi connectivity index (χ1n) is 3.86. The van der Waals surface area contributed by atoms with Crippen molar-refractivity contribution in [1.29, 1.82) is 0 Å². The maximum Gasteiger partial charge on any atom is 2.00 e. The van der Waals surface area contributed by atoms with E-state index in [0.717, 1.165) is 27.7 Å². The van der Waals surface area contributed by atoms with Crippen molar-refractivity contribution in [3.63, 3.8) is 0 Å². The van der Waals surface area contributed by atoms with E-state index in [2.05, 4.69) is 0 Å². The number of hydrogen-bond acceptors (Lipinski definition) is 8. The third-order valence-corrected chi connectivity index (χ3v) is 3.67. The summed E-state index contributed by atoms with van der Waals surface area (Å²) in [5.74, 6) is 0. The Morgan fingerprint density at radius 2 is 0.824 bits per heavy atom. The van der Waals surface area contributed by atoms with Crippen molar-refractivity contribution in [3.05, 3.63) is 0 Å². The van der Waals surface area contributed by atoms with E-state index in [4.69, 9.17) is 10.2 Å². The number of aliphatic hydroxyl groups is 2. The van der Waals surface area contributed by atoms with Crippen LogP contribution in [0.25, 0.3) is 0 Å². The average molecular weight is 397 g/mol. The molecule has 0 aliphatic carbocycles. The molecule has 0 aromatic rings. The molecule has 17 heavy (non-hydrogen) atoms. The zero-order valence-corrected chi connectivity index (χ0v) is 14.1. The molecule has 0 atom stereocenters. The van der Waals surface area contributed by atoms with Gasteiger partial charge in [0.25, 0.3) is 0 Å². The summed E-state index contributed by atoms with van der Waals surface area (Å²) in [4.78, 5) is -4.29. The van der Waals surface area contributed by atoms with Crippen molar-refractivity contribution in [2.75, 3.05) is 0 Å². The maximum atomic E-state index is 9.85. The zero-order valence-electron chi connectivity index (χ0n) is 9.66. The molecule has 2 radical (unpaired) electrons. The van der Waals surface area contributed by atoms with Crippen molar-refractivity contribution in [2.24, 2.45) is 0 Å². The summed E-state index contributed by atoms with van der Waals surface area (Å²) in [5.41, 5.74) is 0. The minimum Gasteiger partial charge on any atom is -0.746 e. The summed E-state index contributed by atoms with van der Waals surface area (Å²) in [6.07, 6.45) is 0. The second-order valence-electron chi connectivity index (χ2n) is 3.80. The van der Waals surface area contributed by atoms with Gasteiger partial charge in [0.1, 0.15) is 30.1 Å². The van der Waals surface area contributed by atoms with Crippen LogP contribution < -0.4 is 0 Å². The Labute approximate surface area is 117 Å². The van der Waals surface area contributed by atoms with Crippen molar-refractivity contribution in [3.8, 4) is 0 Å². The van der Waals surface area contributed by atoms with Gasteiger partial charge in [-0.1, -0.05) is 0 Å². The molecule has 0 fully saturated rings. The van der Waals surface area contributed by atoms with Gasteiger partial charge in [-0.25, -0.2) is 16.8 Å². The molecule has 0 rings (SSSR count). The van der Waals surface area contributed by atoms with Gasteiger partial charge in [0.05, 0.1) is 0 Å². The molecule has 0 unspecified atom stereocenters. The normalized spacial score (nSPS) is 13.2. The summed E-state index contributed by atoms with van der Waals surface area (Å²) in [6.45, 7) is 3.70. The maximum absolute atomic E-state index is 9.85. The van der Waals surface area contributed by atoms with Gasteiger partial charge in [0, 0.05) is 0 Å². The van der Waals surface area contributed by atoms with Gasteiger partial charge in [0.15, 0.2) is 0 Å². The Morgan fingerprint density at radius 1 is 0.765 bits per heavy atom. The topological polar surface area (TPSA) is 155 Å². The molecule has 11 heteroatoms. The van der Waals surface area contributed by atoms with Gasteiger partial charge in [-0.15, -0.1) is 0 Å². The predicted octanol–water partition coefficient (Wildman–Crippen LogP) is -1.86. The fourth-order valence-electron chi connectivity index (χ4n) is 0. The van der Waals surface area contributed by atoms with Gasteiger partial charge in [-0.3, -0.25) is 0 Å². The molecular weight excluding hydrogens is 383 g/mol. The molecule has 0 aliphatic rings. The molecule has 0 saturated carbocycles. The zero-order chi connectivity index (χ0) is 14.0. The molecule has 0 amide bonds. The largest absolute Gasteiger partial charge is 2.00 e. The fourth-order valence-corrected chi connectivity index (χ4v) is 0. The molecule has 0 aromatic heterocycles. The van der Waals surface area contributed by atoms with E-state index in [-0.39, 0.29) is 23.9 Å². The molecule has 0 aliphatic heterocycles. The van der Waals surface area contributed by atoms with E-state index in [9.17, 15) is 25.9 Å². The Kier molecular flexibility index (Phi) is 8.85. The summed E-state index contributed by atoms with van der Waals surface area (Å²) >= 11 is 0. The first kappa shape index (κ1) is 22.7. The van der Waals surface area contributed by atoms with Crippen LogP contribution in [0.2, 0.25) is 0 Å². The van der Waals surface area contributed by atoms with Crippen molar-refractivity contribution in [1.82, 2.24) is 0 Å². The molecular formula is C6H14O8S2Sn. The molecule has 0 bridgehead atoms. The van der Waals surface area contributed by atoms with Crippen LogP contribution in [-0.4, -0.2) is 69.9 Å². The summed E-state index contributed by atoms with van der Waals surface area (Å²) < 4.78 is 59.1. The molecule has 0 saturated heterocycles. The Balaban J connectivity index is -0.000000218. The van der Waals surface area contributed by atoms with Crippen LogP contribution in [0.5, 0.6) is 0 Å². The second kappa shape index (κ2) is 6.63. The van der Waals surface area contributed by atoms with Gasteiger partial charge in [-0.05, 0) is 27.7 Å². The molecule has 2 N–H and O–H groups in total. The van der Waals surface area contributed by atoms with Crippen LogP contribution in [-0.2, 0) is 20.2 Å². The molecule has 0 heterocycles. The monoisotopic (exact) mass is 398 g/mol. The Bertz CT molecular complexity index is 368. The van der Waals surface area contributed by atoms with Crippen molar-refractivity contribution in [2.45, 2.75) is 37.6 Å². The van der Waals surface area contributed by atoms with Crippen LogP contribution in [0.15, 0.2) is 0 Å². The fraction of sp³-hybridized carbons (Fsp3) is 1.00. The SMILES string of the molecule is CC(C)(O)S(=O)(=O)[O-].CC(C)(O)S(=O)(=O)[O-].[Sn+2]. The standard InChI is InChI=1S/2C3H8O4S.Sn/c2*1-3(2,4)8(5,6)7;/h2*4H,1-2H3,(H,5,6,7);/q;;+2/p-2. The minimum absolute atomic E-state index is 0. The van der Waals surface area contributed by atoms with E-state index in [1.54, 1.807) is 0 Å². The smallest absolute Gasteiger partial charge is 0.746 e. The van der Waals surface area contributed by atoms with E-state index in [1.807, 2.05) is 0 Å². The van der Waals surface area contributed by atoms with Crippen LogP contribution in [0, 0.1) is 0 Å². The third kappa shape index (κ3) is 10.2. The van der Waals surface area contributed by atoms with Crippen molar-refractivity contribution >= 4 is 44.1 Å². The van der Waals surface area contributed by atoms with Gasteiger partial charge in [0.2, 0.25) is 0 Å². The molecule has 0 aromatic carbocycles.